The van der Waals surface area contributed by atoms with Crippen LogP contribution in [0.1, 0.15) is 32.1 Å². The number of amides is 2. The zero-order valence-corrected chi connectivity index (χ0v) is 10.2. The number of nitrogens with two attached hydrogens (primary N) is 2. The minimum absolute atomic E-state index is 0.136. The van der Waals surface area contributed by atoms with Crippen molar-refractivity contribution in [1.82, 2.24) is 4.90 Å². The first-order chi connectivity index (χ1) is 8.09. The van der Waals surface area contributed by atoms with Crippen molar-refractivity contribution in [3.8, 4) is 0 Å². The summed E-state index contributed by atoms with van der Waals surface area (Å²) in [6, 6.07) is 0. The molecule has 2 rings (SSSR count). The van der Waals surface area contributed by atoms with Crippen molar-refractivity contribution >= 4 is 11.8 Å². The molecule has 1 saturated heterocycles. The Hall–Kier alpha value is -1.10. The van der Waals surface area contributed by atoms with Gasteiger partial charge in [0.15, 0.2) is 0 Å². The van der Waals surface area contributed by atoms with Gasteiger partial charge in [-0.2, -0.15) is 0 Å². The molecule has 1 unspecified atom stereocenters. The zero-order valence-electron chi connectivity index (χ0n) is 10.2. The Morgan fingerprint density at radius 3 is 2.47 bits per heavy atom. The van der Waals surface area contributed by atoms with Gasteiger partial charge in [0.1, 0.15) is 0 Å². The van der Waals surface area contributed by atoms with Crippen LogP contribution in [0.25, 0.3) is 0 Å². The van der Waals surface area contributed by atoms with Crippen LogP contribution in [0, 0.1) is 11.3 Å². The number of carbonyl (C=O) groups excluding carboxylic acids is 2. The molecule has 2 aliphatic rings. The van der Waals surface area contributed by atoms with Crippen LogP contribution in [0.15, 0.2) is 0 Å². The third-order valence-corrected chi connectivity index (χ3v) is 4.27. The lowest BCUT2D eigenvalue weighted by atomic mass is 9.67. The Kier molecular flexibility index (Phi) is 3.38. The summed E-state index contributed by atoms with van der Waals surface area (Å²) in [4.78, 5) is 25.4. The van der Waals surface area contributed by atoms with Crippen LogP contribution >= 0.6 is 0 Å². The molecule has 0 radical (unpaired) electrons. The second kappa shape index (κ2) is 4.64. The highest BCUT2D eigenvalue weighted by Crippen LogP contribution is 2.42. The van der Waals surface area contributed by atoms with Gasteiger partial charge < -0.3 is 16.4 Å². The average molecular weight is 239 g/mol. The van der Waals surface area contributed by atoms with E-state index in [2.05, 4.69) is 0 Å². The molecule has 4 N–H and O–H groups in total. The fourth-order valence-corrected chi connectivity index (χ4v) is 2.84. The molecule has 0 aromatic carbocycles. The molecule has 0 aromatic heterocycles. The van der Waals surface area contributed by atoms with E-state index in [0.717, 1.165) is 38.6 Å². The van der Waals surface area contributed by atoms with Gasteiger partial charge in [-0.3, -0.25) is 9.59 Å². The number of hydrogen-bond acceptors (Lipinski definition) is 3. The first kappa shape index (κ1) is 12.4. The van der Waals surface area contributed by atoms with Crippen LogP contribution in [-0.2, 0) is 9.59 Å². The first-order valence-electron chi connectivity index (χ1n) is 6.38. The summed E-state index contributed by atoms with van der Waals surface area (Å²) < 4.78 is 0. The van der Waals surface area contributed by atoms with Crippen LogP contribution in [0.2, 0.25) is 0 Å². The lowest BCUT2D eigenvalue weighted by Gasteiger charge is -2.44. The predicted octanol–water partition coefficient (Wildman–Crippen LogP) is -0.161. The lowest BCUT2D eigenvalue weighted by Crippen LogP contribution is -2.55. The van der Waals surface area contributed by atoms with E-state index < -0.39 is 0 Å². The maximum Gasteiger partial charge on any atom is 0.230 e. The summed E-state index contributed by atoms with van der Waals surface area (Å²) in [5, 5.41) is 0. The second-order valence-electron chi connectivity index (χ2n) is 5.33. The molecule has 0 bridgehead atoms. The number of likely N-dealkylation sites (tertiary alicyclic amines) is 1. The topological polar surface area (TPSA) is 89.4 Å². The first-order valence-corrected chi connectivity index (χ1v) is 6.38. The van der Waals surface area contributed by atoms with E-state index in [-0.39, 0.29) is 23.1 Å². The maximum absolute atomic E-state index is 12.4. The second-order valence-corrected chi connectivity index (χ2v) is 5.33. The molecule has 1 heterocycles. The van der Waals surface area contributed by atoms with Crippen LogP contribution in [0.3, 0.4) is 0 Å². The third-order valence-electron chi connectivity index (χ3n) is 4.27. The van der Waals surface area contributed by atoms with E-state index >= 15 is 0 Å². The Bertz CT molecular complexity index is 320. The van der Waals surface area contributed by atoms with Crippen molar-refractivity contribution in [2.45, 2.75) is 32.1 Å². The summed E-state index contributed by atoms with van der Waals surface area (Å²) in [6.45, 7) is 1.64. The van der Waals surface area contributed by atoms with Gasteiger partial charge in [0.05, 0.1) is 11.3 Å². The Morgan fingerprint density at radius 1 is 1.29 bits per heavy atom. The minimum Gasteiger partial charge on any atom is -0.369 e. The minimum atomic E-state index is -0.334. The number of carbonyl (C=O) groups is 2. The quantitative estimate of drug-likeness (QED) is 0.717. The third kappa shape index (κ3) is 2.16. The maximum atomic E-state index is 12.4. The van der Waals surface area contributed by atoms with Gasteiger partial charge in [-0.05, 0) is 25.7 Å². The van der Waals surface area contributed by atoms with Gasteiger partial charge in [0.2, 0.25) is 11.8 Å². The normalized spacial score (nSPS) is 27.4. The molecule has 17 heavy (non-hydrogen) atoms. The van der Waals surface area contributed by atoms with Crippen molar-refractivity contribution in [3.05, 3.63) is 0 Å². The van der Waals surface area contributed by atoms with Gasteiger partial charge in [0.25, 0.3) is 0 Å². The standard InChI is InChI=1S/C12H21N3O2/c13-8-12(4-2-5-12)11(17)15-6-1-3-9(7-15)10(14)16/h9H,1-8,13H2,(H2,14,16). The predicted molar refractivity (Wildman–Crippen MR) is 63.8 cm³/mol. The molecule has 2 amide bonds. The zero-order chi connectivity index (χ0) is 12.5. The van der Waals surface area contributed by atoms with Crippen LogP contribution < -0.4 is 11.5 Å². The van der Waals surface area contributed by atoms with Crippen molar-refractivity contribution in [2.24, 2.45) is 22.8 Å². The molecule has 1 aliphatic heterocycles. The molecule has 0 spiro atoms. The van der Waals surface area contributed by atoms with E-state index in [1.165, 1.54) is 0 Å². The highest BCUT2D eigenvalue weighted by molar-refractivity contribution is 5.85. The van der Waals surface area contributed by atoms with E-state index in [4.69, 9.17) is 11.5 Å². The van der Waals surface area contributed by atoms with Crippen molar-refractivity contribution < 1.29 is 9.59 Å². The van der Waals surface area contributed by atoms with Gasteiger partial charge >= 0.3 is 0 Å². The number of rotatable bonds is 3. The van der Waals surface area contributed by atoms with Crippen LogP contribution in [-0.4, -0.2) is 36.3 Å². The molecule has 1 saturated carbocycles. The van der Waals surface area contributed by atoms with E-state index in [9.17, 15) is 9.59 Å². The fraction of sp³-hybridized carbons (Fsp3) is 0.833. The highest BCUT2D eigenvalue weighted by atomic mass is 16.2. The molecule has 96 valence electrons. The average Bonchev–Trinajstić information content (AvgIpc) is 2.28. The van der Waals surface area contributed by atoms with Crippen molar-refractivity contribution in [3.63, 3.8) is 0 Å². The molecule has 5 heteroatoms. The van der Waals surface area contributed by atoms with Gasteiger partial charge in [0, 0.05) is 19.6 Å². The monoisotopic (exact) mass is 239 g/mol. The van der Waals surface area contributed by atoms with Gasteiger partial charge in [-0.25, -0.2) is 0 Å². The van der Waals surface area contributed by atoms with E-state index in [0.29, 0.717) is 13.1 Å². The van der Waals surface area contributed by atoms with Gasteiger partial charge in [-0.15, -0.1) is 0 Å². The molecule has 5 nitrogen and oxygen atoms in total. The number of primary amides is 1. The van der Waals surface area contributed by atoms with E-state index in [1.54, 1.807) is 4.90 Å². The fourth-order valence-electron chi connectivity index (χ4n) is 2.84. The summed E-state index contributed by atoms with van der Waals surface area (Å²) in [6.07, 6.45) is 4.52. The van der Waals surface area contributed by atoms with Crippen molar-refractivity contribution in [2.75, 3.05) is 19.6 Å². The Morgan fingerprint density at radius 2 is 2.00 bits per heavy atom. The number of hydrogen-bond donors (Lipinski definition) is 2. The highest BCUT2D eigenvalue weighted by Gasteiger charge is 2.46. The number of piperidine rings is 1. The van der Waals surface area contributed by atoms with E-state index in [1.807, 2.05) is 0 Å². The largest absolute Gasteiger partial charge is 0.369 e. The Balaban J connectivity index is 2.02. The molecular weight excluding hydrogens is 218 g/mol. The molecule has 0 aromatic rings. The molecule has 1 aliphatic carbocycles. The van der Waals surface area contributed by atoms with Crippen molar-refractivity contribution in [1.29, 1.82) is 0 Å². The molecular formula is C12H21N3O2. The molecule has 2 fully saturated rings. The van der Waals surface area contributed by atoms with Crippen LogP contribution in [0.5, 0.6) is 0 Å². The van der Waals surface area contributed by atoms with Crippen LogP contribution in [0.4, 0.5) is 0 Å². The summed E-state index contributed by atoms with van der Waals surface area (Å²) in [5.74, 6) is -0.335. The number of nitrogens with zero attached hydrogens (tertiary/aromatic N) is 1. The summed E-state index contributed by atoms with van der Waals surface area (Å²) >= 11 is 0. The summed E-state index contributed by atoms with van der Waals surface area (Å²) in [5.41, 5.74) is 10.7. The smallest absolute Gasteiger partial charge is 0.230 e. The SMILES string of the molecule is NCC1(C(=O)N2CCCC(C(N)=O)C2)CCC1. The lowest BCUT2D eigenvalue weighted by molar-refractivity contribution is -0.149. The molecule has 1 atom stereocenters. The Labute approximate surface area is 102 Å². The van der Waals surface area contributed by atoms with Gasteiger partial charge in [-0.1, -0.05) is 6.42 Å². The summed E-state index contributed by atoms with van der Waals surface area (Å²) in [7, 11) is 0.